The molecule has 156 valence electrons. The number of rotatable bonds is 7. The fourth-order valence-corrected chi connectivity index (χ4v) is 3.39. The van der Waals surface area contributed by atoms with Crippen LogP contribution in [0.15, 0.2) is 60.7 Å². The second-order valence-electron chi connectivity index (χ2n) is 7.78. The summed E-state index contributed by atoms with van der Waals surface area (Å²) in [5.74, 6) is 0.345. The lowest BCUT2D eigenvalue weighted by atomic mass is 10.0. The van der Waals surface area contributed by atoms with E-state index in [0.717, 1.165) is 27.6 Å². The van der Waals surface area contributed by atoms with Crippen LogP contribution in [0.5, 0.6) is 5.75 Å². The van der Waals surface area contributed by atoms with Gasteiger partial charge in [0.15, 0.2) is 0 Å². The molecule has 0 saturated carbocycles. The third-order valence-electron chi connectivity index (χ3n) is 5.20. The minimum Gasteiger partial charge on any atom is -0.497 e. The lowest BCUT2D eigenvalue weighted by Crippen LogP contribution is -2.49. The monoisotopic (exact) mass is 404 g/mol. The average molecular weight is 405 g/mol. The zero-order chi connectivity index (χ0) is 21.7. The first-order valence-corrected chi connectivity index (χ1v) is 10.1. The van der Waals surface area contributed by atoms with Crippen molar-refractivity contribution in [2.24, 2.45) is 5.92 Å². The van der Waals surface area contributed by atoms with Crippen molar-refractivity contribution in [3.63, 3.8) is 0 Å². The number of carbonyl (C=O) groups excluding carboxylic acids is 2. The topological polar surface area (TPSA) is 67.4 Å². The Morgan fingerprint density at radius 3 is 2.37 bits per heavy atom. The number of amides is 2. The molecule has 30 heavy (non-hydrogen) atoms. The Hall–Kier alpha value is -3.34. The van der Waals surface area contributed by atoms with Crippen molar-refractivity contribution in [2.45, 2.75) is 33.4 Å². The Labute approximate surface area is 177 Å². The summed E-state index contributed by atoms with van der Waals surface area (Å²) >= 11 is 0. The standard InChI is InChI=1S/C25H28N2O3/c1-16(2)23(27-24(28)22-8-6-5-7-17(22)3)25(29)26-15-18-9-10-20-14-21(30-4)12-11-19(20)13-18/h5-14,16,23H,15H2,1-4H3,(H,26,29)(H,27,28). The van der Waals surface area contributed by atoms with Gasteiger partial charge in [0.2, 0.25) is 5.91 Å². The van der Waals surface area contributed by atoms with Gasteiger partial charge in [-0.3, -0.25) is 9.59 Å². The Kier molecular flexibility index (Phi) is 6.72. The van der Waals surface area contributed by atoms with Gasteiger partial charge in [-0.2, -0.15) is 0 Å². The lowest BCUT2D eigenvalue weighted by Gasteiger charge is -2.22. The maximum absolute atomic E-state index is 12.8. The summed E-state index contributed by atoms with van der Waals surface area (Å²) in [7, 11) is 1.65. The van der Waals surface area contributed by atoms with Crippen LogP contribution < -0.4 is 15.4 Å². The van der Waals surface area contributed by atoms with Crippen LogP contribution in [-0.4, -0.2) is 25.0 Å². The van der Waals surface area contributed by atoms with Crippen molar-refractivity contribution in [3.05, 3.63) is 77.4 Å². The second-order valence-corrected chi connectivity index (χ2v) is 7.78. The molecule has 3 aromatic rings. The van der Waals surface area contributed by atoms with E-state index in [2.05, 4.69) is 10.6 Å². The van der Waals surface area contributed by atoms with Crippen molar-refractivity contribution in [2.75, 3.05) is 7.11 Å². The van der Waals surface area contributed by atoms with Gasteiger partial charge in [0.25, 0.3) is 5.91 Å². The summed E-state index contributed by atoms with van der Waals surface area (Å²) in [4.78, 5) is 25.5. The minimum atomic E-state index is -0.609. The maximum Gasteiger partial charge on any atom is 0.252 e. The minimum absolute atomic E-state index is 0.0398. The van der Waals surface area contributed by atoms with Crippen LogP contribution in [0.25, 0.3) is 10.8 Å². The molecule has 5 nitrogen and oxygen atoms in total. The van der Waals surface area contributed by atoms with E-state index in [1.807, 2.05) is 75.4 Å². The summed E-state index contributed by atoms with van der Waals surface area (Å²) in [5.41, 5.74) is 2.46. The molecule has 0 aromatic heterocycles. The predicted molar refractivity (Wildman–Crippen MR) is 120 cm³/mol. The molecule has 0 aliphatic rings. The molecule has 0 aliphatic heterocycles. The summed E-state index contributed by atoms with van der Waals surface area (Å²) in [6, 6.07) is 18.7. The highest BCUT2D eigenvalue weighted by molar-refractivity contribution is 5.98. The molecule has 2 N–H and O–H groups in total. The largest absolute Gasteiger partial charge is 0.497 e. The molecule has 1 unspecified atom stereocenters. The Morgan fingerprint density at radius 1 is 0.967 bits per heavy atom. The molecule has 0 saturated heterocycles. The Morgan fingerprint density at radius 2 is 1.67 bits per heavy atom. The van der Waals surface area contributed by atoms with Crippen LogP contribution in [0, 0.1) is 12.8 Å². The molecule has 0 radical (unpaired) electrons. The van der Waals surface area contributed by atoms with Gasteiger partial charge < -0.3 is 15.4 Å². The van der Waals surface area contributed by atoms with Crippen LogP contribution >= 0.6 is 0 Å². The van der Waals surface area contributed by atoms with Gasteiger partial charge in [-0.25, -0.2) is 0 Å². The number of methoxy groups -OCH3 is 1. The van der Waals surface area contributed by atoms with Gasteiger partial charge in [0.1, 0.15) is 11.8 Å². The first-order chi connectivity index (χ1) is 14.4. The normalized spacial score (nSPS) is 11.9. The van der Waals surface area contributed by atoms with Crippen molar-refractivity contribution in [1.82, 2.24) is 10.6 Å². The second kappa shape index (κ2) is 9.44. The first kappa shape index (κ1) is 21.4. The third-order valence-corrected chi connectivity index (χ3v) is 5.20. The number of aryl methyl sites for hydroxylation is 1. The molecule has 3 rings (SSSR count). The van der Waals surface area contributed by atoms with E-state index in [1.165, 1.54) is 0 Å². The van der Waals surface area contributed by atoms with Gasteiger partial charge in [-0.1, -0.05) is 50.2 Å². The van der Waals surface area contributed by atoms with E-state index in [0.29, 0.717) is 12.1 Å². The number of hydrogen-bond acceptors (Lipinski definition) is 3. The van der Waals surface area contributed by atoms with Gasteiger partial charge in [0, 0.05) is 12.1 Å². The molecule has 5 heteroatoms. The number of fused-ring (bicyclic) bond motifs is 1. The fraction of sp³-hybridized carbons (Fsp3) is 0.280. The number of nitrogens with one attached hydrogen (secondary N) is 2. The van der Waals surface area contributed by atoms with Crippen molar-refractivity contribution in [3.8, 4) is 5.75 Å². The number of ether oxygens (including phenoxy) is 1. The van der Waals surface area contributed by atoms with Crippen LogP contribution in [0.2, 0.25) is 0 Å². The highest BCUT2D eigenvalue weighted by Gasteiger charge is 2.25. The maximum atomic E-state index is 12.8. The summed E-state index contributed by atoms with van der Waals surface area (Å²) in [6.07, 6.45) is 0. The first-order valence-electron chi connectivity index (χ1n) is 10.1. The van der Waals surface area contributed by atoms with Crippen LogP contribution in [0.1, 0.15) is 35.3 Å². The number of benzene rings is 3. The van der Waals surface area contributed by atoms with Crippen molar-refractivity contribution >= 4 is 22.6 Å². The molecule has 0 bridgehead atoms. The zero-order valence-corrected chi connectivity index (χ0v) is 17.9. The van der Waals surface area contributed by atoms with Crippen LogP contribution in [-0.2, 0) is 11.3 Å². The van der Waals surface area contributed by atoms with Crippen LogP contribution in [0.3, 0.4) is 0 Å². The third kappa shape index (κ3) is 4.98. The van der Waals surface area contributed by atoms with E-state index in [4.69, 9.17) is 4.74 Å². The predicted octanol–water partition coefficient (Wildman–Crippen LogP) is 4.23. The number of carbonyl (C=O) groups is 2. The molecule has 0 fully saturated rings. The SMILES string of the molecule is COc1ccc2cc(CNC(=O)C(NC(=O)c3ccccc3C)C(C)C)ccc2c1. The average Bonchev–Trinajstić information content (AvgIpc) is 2.75. The lowest BCUT2D eigenvalue weighted by molar-refractivity contribution is -0.124. The van der Waals surface area contributed by atoms with Gasteiger partial charge in [-0.15, -0.1) is 0 Å². The molecule has 0 spiro atoms. The smallest absolute Gasteiger partial charge is 0.252 e. The highest BCUT2D eigenvalue weighted by atomic mass is 16.5. The molecular formula is C25H28N2O3. The van der Waals surface area contributed by atoms with E-state index in [9.17, 15) is 9.59 Å². The number of hydrogen-bond donors (Lipinski definition) is 2. The van der Waals surface area contributed by atoms with E-state index in [-0.39, 0.29) is 17.7 Å². The Bertz CT molecular complexity index is 1060. The quantitative estimate of drug-likeness (QED) is 0.619. The molecule has 3 aromatic carbocycles. The summed E-state index contributed by atoms with van der Waals surface area (Å²) in [5, 5.41) is 8.01. The van der Waals surface area contributed by atoms with Gasteiger partial charge in [0.05, 0.1) is 7.11 Å². The molecule has 0 heterocycles. The summed E-state index contributed by atoms with van der Waals surface area (Å²) in [6.45, 7) is 6.12. The molecule has 1 atom stereocenters. The van der Waals surface area contributed by atoms with Crippen LogP contribution in [0.4, 0.5) is 0 Å². The van der Waals surface area contributed by atoms with Gasteiger partial charge in [-0.05, 0) is 59.0 Å². The van der Waals surface area contributed by atoms with E-state index >= 15 is 0 Å². The van der Waals surface area contributed by atoms with E-state index < -0.39 is 6.04 Å². The van der Waals surface area contributed by atoms with Crippen molar-refractivity contribution in [1.29, 1.82) is 0 Å². The highest BCUT2D eigenvalue weighted by Crippen LogP contribution is 2.22. The molecule has 0 aliphatic carbocycles. The van der Waals surface area contributed by atoms with E-state index in [1.54, 1.807) is 13.2 Å². The molecular weight excluding hydrogens is 376 g/mol. The Balaban J connectivity index is 1.67. The summed E-state index contributed by atoms with van der Waals surface area (Å²) < 4.78 is 5.26. The zero-order valence-electron chi connectivity index (χ0n) is 17.9. The van der Waals surface area contributed by atoms with Gasteiger partial charge >= 0.3 is 0 Å². The molecule has 2 amide bonds. The van der Waals surface area contributed by atoms with Crippen molar-refractivity contribution < 1.29 is 14.3 Å². The fourth-order valence-electron chi connectivity index (χ4n) is 3.39.